The lowest BCUT2D eigenvalue weighted by Gasteiger charge is -2.30. The van der Waals surface area contributed by atoms with Crippen LogP contribution < -0.4 is 0 Å². The fourth-order valence-electron chi connectivity index (χ4n) is 2.11. The summed E-state index contributed by atoms with van der Waals surface area (Å²) in [4.78, 5) is 0. The van der Waals surface area contributed by atoms with Gasteiger partial charge in [0.25, 0.3) is 0 Å². The second-order valence-electron chi connectivity index (χ2n) is 4.49. The maximum Gasteiger partial charge on any atom is 0.194 e. The van der Waals surface area contributed by atoms with Crippen LogP contribution in [0.4, 0.5) is 0 Å². The van der Waals surface area contributed by atoms with Crippen molar-refractivity contribution in [2.75, 3.05) is 19.8 Å². The number of ether oxygens (including phenoxy) is 4. The van der Waals surface area contributed by atoms with Gasteiger partial charge in [0, 0.05) is 0 Å². The zero-order chi connectivity index (χ0) is 11.1. The summed E-state index contributed by atoms with van der Waals surface area (Å²) in [5.74, 6) is -1.50. The topological polar surface area (TPSA) is 57.2 Å². The molecule has 0 unspecified atom stereocenters. The summed E-state index contributed by atoms with van der Waals surface area (Å²) in [6.45, 7) is 6.44. The summed E-state index contributed by atoms with van der Waals surface area (Å²) < 4.78 is 22.3. The van der Waals surface area contributed by atoms with Crippen LogP contribution in [0.2, 0.25) is 0 Å². The summed E-state index contributed by atoms with van der Waals surface area (Å²) >= 11 is 0. The molecule has 0 spiro atoms. The molecule has 2 fully saturated rings. The van der Waals surface area contributed by atoms with Crippen molar-refractivity contribution < 1.29 is 24.1 Å². The van der Waals surface area contributed by atoms with E-state index in [0.717, 1.165) is 0 Å². The highest BCUT2D eigenvalue weighted by Gasteiger charge is 2.53. The van der Waals surface area contributed by atoms with Gasteiger partial charge in [0.15, 0.2) is 11.6 Å². The number of aliphatic hydroxyl groups is 1. The first-order chi connectivity index (χ1) is 6.97. The molecule has 0 amide bonds. The summed E-state index contributed by atoms with van der Waals surface area (Å²) in [6, 6.07) is 0. The maximum absolute atomic E-state index is 9.23. The summed E-state index contributed by atoms with van der Waals surface area (Å²) in [6.07, 6.45) is -0.789. The molecule has 2 saturated heterocycles. The second-order valence-corrected chi connectivity index (χ2v) is 4.49. The fourth-order valence-corrected chi connectivity index (χ4v) is 2.11. The van der Waals surface area contributed by atoms with Gasteiger partial charge in [0.1, 0.15) is 12.2 Å². The van der Waals surface area contributed by atoms with Crippen molar-refractivity contribution in [3.05, 3.63) is 0 Å². The highest BCUT2D eigenvalue weighted by atomic mass is 16.8. The second kappa shape index (κ2) is 3.68. The van der Waals surface area contributed by atoms with Crippen LogP contribution in [-0.4, -0.2) is 48.7 Å². The van der Waals surface area contributed by atoms with E-state index in [4.69, 9.17) is 18.9 Å². The first-order valence-corrected chi connectivity index (χ1v) is 5.21. The Balaban J connectivity index is 2.13. The molecule has 2 atom stereocenters. The Labute approximate surface area is 89.3 Å². The molecule has 5 heteroatoms. The first kappa shape index (κ1) is 11.3. The quantitative estimate of drug-likeness (QED) is 0.720. The van der Waals surface area contributed by atoms with E-state index in [1.54, 1.807) is 0 Å². The molecule has 15 heavy (non-hydrogen) atoms. The van der Waals surface area contributed by atoms with Crippen LogP contribution in [0.15, 0.2) is 0 Å². The normalized spacial score (nSPS) is 38.4. The minimum atomic E-state index is -0.804. The van der Waals surface area contributed by atoms with E-state index in [-0.39, 0.29) is 12.7 Å². The maximum atomic E-state index is 9.23. The molecular weight excluding hydrogens is 200 g/mol. The highest BCUT2D eigenvalue weighted by molar-refractivity contribution is 4.91. The summed E-state index contributed by atoms with van der Waals surface area (Å²) in [7, 11) is 0. The van der Waals surface area contributed by atoms with Crippen LogP contribution in [0.5, 0.6) is 0 Å². The lowest BCUT2D eigenvalue weighted by molar-refractivity contribution is -0.234. The van der Waals surface area contributed by atoms with Crippen LogP contribution in [0, 0.1) is 0 Å². The minimum absolute atomic E-state index is 0.101. The fraction of sp³-hybridized carbons (Fsp3) is 1.00. The van der Waals surface area contributed by atoms with E-state index in [1.807, 2.05) is 20.8 Å². The van der Waals surface area contributed by atoms with Gasteiger partial charge in [-0.15, -0.1) is 0 Å². The van der Waals surface area contributed by atoms with Gasteiger partial charge in [-0.1, -0.05) is 0 Å². The smallest absolute Gasteiger partial charge is 0.194 e. The van der Waals surface area contributed by atoms with Crippen LogP contribution >= 0.6 is 0 Å². The Hall–Kier alpha value is -0.200. The predicted octanol–water partition coefficient (Wildman–Crippen LogP) is 0.262. The van der Waals surface area contributed by atoms with Crippen LogP contribution in [0.25, 0.3) is 0 Å². The Morgan fingerprint density at radius 1 is 1.13 bits per heavy atom. The Morgan fingerprint density at radius 3 is 2.27 bits per heavy atom. The molecule has 2 aliphatic rings. The average Bonchev–Trinajstić information content (AvgIpc) is 2.70. The monoisotopic (exact) mass is 218 g/mol. The van der Waals surface area contributed by atoms with Crippen LogP contribution in [-0.2, 0) is 18.9 Å². The standard InChI is InChI=1S/C10H18O5/c1-9(2)14-7(6-11)8(15-9)10(3)12-4-5-13-10/h7-8,11H,4-6H2,1-3H3/t7-,8+/m1/s1. The van der Waals surface area contributed by atoms with Crippen molar-refractivity contribution in [1.29, 1.82) is 0 Å². The van der Waals surface area contributed by atoms with Gasteiger partial charge in [0.2, 0.25) is 0 Å². The molecule has 1 N–H and O–H groups in total. The zero-order valence-corrected chi connectivity index (χ0v) is 9.36. The van der Waals surface area contributed by atoms with Gasteiger partial charge in [-0.25, -0.2) is 0 Å². The number of rotatable bonds is 2. The van der Waals surface area contributed by atoms with Gasteiger partial charge in [-0.2, -0.15) is 0 Å². The zero-order valence-electron chi connectivity index (χ0n) is 9.36. The van der Waals surface area contributed by atoms with Gasteiger partial charge >= 0.3 is 0 Å². The number of aliphatic hydroxyl groups excluding tert-OH is 1. The lowest BCUT2D eigenvalue weighted by atomic mass is 10.1. The average molecular weight is 218 g/mol. The van der Waals surface area contributed by atoms with Crippen molar-refractivity contribution in [1.82, 2.24) is 0 Å². The van der Waals surface area contributed by atoms with E-state index >= 15 is 0 Å². The van der Waals surface area contributed by atoms with Gasteiger partial charge in [0.05, 0.1) is 19.8 Å². The van der Waals surface area contributed by atoms with Crippen molar-refractivity contribution >= 4 is 0 Å². The van der Waals surface area contributed by atoms with E-state index < -0.39 is 17.7 Å². The predicted molar refractivity (Wildman–Crippen MR) is 51.2 cm³/mol. The largest absolute Gasteiger partial charge is 0.394 e. The number of hydrogen-bond donors (Lipinski definition) is 1. The molecule has 0 saturated carbocycles. The van der Waals surface area contributed by atoms with Crippen molar-refractivity contribution in [3.8, 4) is 0 Å². The summed E-state index contributed by atoms with van der Waals surface area (Å²) in [5.41, 5.74) is 0. The third-order valence-electron chi connectivity index (χ3n) is 2.74. The molecule has 0 aromatic carbocycles. The molecule has 0 radical (unpaired) electrons. The van der Waals surface area contributed by atoms with Gasteiger partial charge in [-0.05, 0) is 20.8 Å². The molecule has 2 aliphatic heterocycles. The van der Waals surface area contributed by atoms with Crippen molar-refractivity contribution in [2.24, 2.45) is 0 Å². The number of hydrogen-bond acceptors (Lipinski definition) is 5. The molecule has 5 nitrogen and oxygen atoms in total. The molecule has 0 aliphatic carbocycles. The molecule has 0 aromatic rings. The van der Waals surface area contributed by atoms with E-state index in [9.17, 15) is 5.11 Å². The molecule has 0 aromatic heterocycles. The Bertz CT molecular complexity index is 234. The van der Waals surface area contributed by atoms with Crippen LogP contribution in [0.1, 0.15) is 20.8 Å². The molecule has 2 rings (SSSR count). The van der Waals surface area contributed by atoms with E-state index in [2.05, 4.69) is 0 Å². The SMILES string of the molecule is CC1(C)O[C@H](CO)[C@@H](C2(C)OCCO2)O1. The van der Waals surface area contributed by atoms with Gasteiger partial charge in [-0.3, -0.25) is 0 Å². The third-order valence-corrected chi connectivity index (χ3v) is 2.74. The minimum Gasteiger partial charge on any atom is -0.394 e. The van der Waals surface area contributed by atoms with Crippen molar-refractivity contribution in [3.63, 3.8) is 0 Å². The Kier molecular flexibility index (Phi) is 2.77. The van der Waals surface area contributed by atoms with E-state index in [1.165, 1.54) is 0 Å². The Morgan fingerprint density at radius 2 is 1.73 bits per heavy atom. The molecule has 88 valence electrons. The molecule has 0 bridgehead atoms. The van der Waals surface area contributed by atoms with Crippen LogP contribution in [0.3, 0.4) is 0 Å². The summed E-state index contributed by atoms with van der Waals surface area (Å²) in [5, 5.41) is 9.23. The van der Waals surface area contributed by atoms with Crippen molar-refractivity contribution in [2.45, 2.75) is 44.6 Å². The first-order valence-electron chi connectivity index (χ1n) is 5.21. The van der Waals surface area contributed by atoms with Gasteiger partial charge < -0.3 is 24.1 Å². The third kappa shape index (κ3) is 2.03. The highest BCUT2D eigenvalue weighted by Crippen LogP contribution is 2.37. The lowest BCUT2D eigenvalue weighted by Crippen LogP contribution is -2.47. The molecule has 2 heterocycles. The van der Waals surface area contributed by atoms with E-state index in [0.29, 0.717) is 13.2 Å². The molecular formula is C10H18O5.